The van der Waals surface area contributed by atoms with Crippen LogP contribution in [0.4, 0.5) is 0 Å². The van der Waals surface area contributed by atoms with Gasteiger partial charge in [-0.25, -0.2) is 0 Å². The van der Waals surface area contributed by atoms with Gasteiger partial charge in [-0.2, -0.15) is 0 Å². The Balaban J connectivity index is 0.000000139. The molecular weight excluding hydrogens is 1320 g/mol. The van der Waals surface area contributed by atoms with Crippen molar-refractivity contribution in [1.29, 1.82) is 0 Å². The van der Waals surface area contributed by atoms with Gasteiger partial charge < -0.3 is 84.5 Å². The lowest BCUT2D eigenvalue weighted by atomic mass is 9.54. The second-order valence-corrected chi connectivity index (χ2v) is 27.4. The topological polar surface area (TPSA) is 443 Å². The molecule has 28 nitrogen and oxygen atoms in total. The Kier molecular flexibility index (Phi) is 16.8. The van der Waals surface area contributed by atoms with Gasteiger partial charge in [0.2, 0.25) is 17.3 Å². The summed E-state index contributed by atoms with van der Waals surface area (Å²) in [6, 6.07) is 12.0. The smallest absolute Gasteiger partial charge is 0.267 e. The van der Waals surface area contributed by atoms with Gasteiger partial charge in [-0.1, -0.05) is 49.1 Å². The molecule has 14 rings (SSSR count). The lowest BCUT2D eigenvalue weighted by molar-refractivity contribution is -0.339. The maximum atomic E-state index is 13.8. The minimum Gasteiger partial charge on any atom is -0.873 e. The molecule has 4 aromatic carbocycles. The van der Waals surface area contributed by atoms with Gasteiger partial charge in [0, 0.05) is 40.4 Å². The molecule has 0 aliphatic heterocycles. The molecule has 1 amide bonds. The number of ketones is 5. The number of aryl methyl sites for hydroxylation is 1. The van der Waals surface area contributed by atoms with E-state index in [2.05, 4.69) is 19.8 Å². The molecule has 2 heterocycles. The highest BCUT2D eigenvalue weighted by Crippen LogP contribution is 2.62. The molecule has 4 unspecified atom stereocenters. The molecule has 17 atom stereocenters. The van der Waals surface area contributed by atoms with Crippen LogP contribution in [0.15, 0.2) is 86.1 Å². The van der Waals surface area contributed by atoms with Crippen LogP contribution in [0.3, 0.4) is 0 Å². The van der Waals surface area contributed by atoms with Crippen LogP contribution in [0.25, 0.3) is 22.3 Å². The van der Waals surface area contributed by atoms with E-state index in [1.54, 1.807) is 51.3 Å². The van der Waals surface area contributed by atoms with Gasteiger partial charge in [0.05, 0.1) is 74.2 Å². The molecule has 8 aliphatic rings. The summed E-state index contributed by atoms with van der Waals surface area (Å²) in [7, 11) is 16.2. The number of aromatic nitrogens is 2. The highest BCUT2D eigenvalue weighted by Gasteiger charge is 2.68. The fourth-order valence-electron chi connectivity index (χ4n) is 16.8. The Hall–Kier alpha value is -8.23. The number of hydrogen-bond acceptors (Lipinski definition) is 27. The van der Waals surface area contributed by atoms with Crippen molar-refractivity contribution in [3.05, 3.63) is 139 Å². The van der Waals surface area contributed by atoms with Gasteiger partial charge >= 0.3 is 0 Å². The first-order valence-electron chi connectivity index (χ1n) is 30.5. The molecule has 0 bridgehead atoms. The third-order valence-corrected chi connectivity index (χ3v) is 22.0. The molecule has 0 spiro atoms. The number of phenolic OH excluding ortho intramolecular Hbond substituents is 3. The molecule has 6 aromatic rings. The molecule has 0 radical (unpaired) electrons. The molecule has 31 heteroatoms. The maximum Gasteiger partial charge on any atom is 0.267 e. The summed E-state index contributed by atoms with van der Waals surface area (Å²) in [5.41, 5.74) is -3.25. The Labute approximate surface area is 559 Å². The van der Waals surface area contributed by atoms with E-state index in [0.717, 1.165) is 10.9 Å². The first-order chi connectivity index (χ1) is 45.6. The van der Waals surface area contributed by atoms with Crippen molar-refractivity contribution in [2.75, 3.05) is 42.3 Å². The van der Waals surface area contributed by atoms with Crippen LogP contribution in [0, 0.1) is 36.5 Å². The number of phenols is 3. The third kappa shape index (κ3) is 9.28. The standard InChI is InChI=1S/C22H24N2O8.C22H24N2O7P2.C22H23N2O7P/c1-21(31)8-5-4-6-11(25)12(8)16(26)13-9(21)7-10-15(24(2)3)17(27)14(20(23)30)19(29)22(10,32)18(13)28;1-8-9-5-4-6-12(30-32)13(9)17(25)14-10(8)7-11-16(24(2)3)18-15(21(31-33)23-29-18)20(27)22(11,28)19(14)26;1-8-9-5-4-6-12(25)13(9)17(26)14-10(8)7-11-16(24(2)3)18-15(21(31-32)23-30-18)20(28)22(11,29)19(14)27/h4-6,9-10,15,25-26,29,31-32H,7H2,1-3H3,(H2,23,30);4-6,11,16,19,25-26,28H,7,32-33H2,1-3H3;4-6,8,10-11,16,25-26,29H,7,32H2,1-3H3/p-1/t9-,10-,15-,21+,22-;11-,16-,19?,22-;8-,10+,11-,16-,22-/m000/s1. The zero-order valence-electron chi connectivity index (χ0n) is 53.5. The van der Waals surface area contributed by atoms with Crippen LogP contribution in [0.1, 0.15) is 122 Å². The molecule has 2 aromatic heterocycles. The summed E-state index contributed by atoms with van der Waals surface area (Å²) < 4.78 is 26.5. The van der Waals surface area contributed by atoms with Crippen LogP contribution in [-0.4, -0.2) is 176 Å². The number of nitrogens with zero attached hydrogens (tertiary/aromatic N) is 5. The van der Waals surface area contributed by atoms with Crippen molar-refractivity contribution >= 4 is 85.5 Å². The monoisotopic (exact) mass is 1390 g/mol. The first-order valence-corrected chi connectivity index (χ1v) is 31.9. The number of likely N-dealkylation sites (N-methyl/N-ethyl adjacent to an activating group) is 1. The number of carbonyl (C=O) groups excluding carboxylic acids is 6. The summed E-state index contributed by atoms with van der Waals surface area (Å²) in [5, 5.41) is 134. The molecular formula is C66H70N6O22P3-. The van der Waals surface area contributed by atoms with Crippen molar-refractivity contribution in [3.8, 4) is 34.8 Å². The van der Waals surface area contributed by atoms with Crippen molar-refractivity contribution in [3.63, 3.8) is 0 Å². The van der Waals surface area contributed by atoms with E-state index in [9.17, 15) is 84.9 Å². The van der Waals surface area contributed by atoms with Crippen molar-refractivity contribution in [2.45, 2.75) is 92.6 Å². The number of aliphatic hydroxyl groups excluding tert-OH is 3. The molecule has 512 valence electrons. The predicted molar refractivity (Wildman–Crippen MR) is 348 cm³/mol. The van der Waals surface area contributed by atoms with Gasteiger partial charge in [-0.3, -0.25) is 43.5 Å². The van der Waals surface area contributed by atoms with E-state index in [1.165, 1.54) is 50.2 Å². The van der Waals surface area contributed by atoms with E-state index < -0.39 is 145 Å². The molecule has 8 aliphatic carbocycles. The van der Waals surface area contributed by atoms with Crippen molar-refractivity contribution in [1.82, 2.24) is 25.0 Å². The molecule has 2 saturated carbocycles. The highest BCUT2D eigenvalue weighted by atomic mass is 31.0. The maximum absolute atomic E-state index is 13.8. The fraction of sp³-hybridized carbons (Fsp3) is 0.394. The largest absolute Gasteiger partial charge is 0.873 e. The van der Waals surface area contributed by atoms with E-state index in [1.807, 2.05) is 49.8 Å². The number of fused-ring (bicyclic) bond motifs is 11. The SMILES string of the molecule is CN(C)[C@@H]1C(=O)C(C(N)=O)=C([O-])[C@@]2(O)C(=O)C3=C(O)c4c(O)cccc4[C@@](C)(O)[C@H]3C[C@@H]12.C[C@H]1c2cccc(O)c2C(O)=C2C(=O)[C@]3(O)C(=O)c4c(OP)noc4[C@@H](N(C)C)[C@@H]3C[C@@H]21.Cc1c2c(c(O)c3c(OP)cccc13)C(O)[C@]1(O)C(=O)c3c(OP)noc3[C@@H](N(C)C)[C@@H]1C2. The second kappa shape index (κ2) is 23.8. The third-order valence-electron chi connectivity index (χ3n) is 21.3. The lowest BCUT2D eigenvalue weighted by Crippen LogP contribution is -2.68. The van der Waals surface area contributed by atoms with Crippen LogP contribution >= 0.6 is 28.4 Å². The fourth-order valence-corrected chi connectivity index (χ4v) is 17.3. The lowest BCUT2D eigenvalue weighted by Gasteiger charge is -2.55. The Morgan fingerprint density at radius 2 is 1.20 bits per heavy atom. The number of carbonyl (C=O) groups is 6. The van der Waals surface area contributed by atoms with Gasteiger partial charge in [0.25, 0.3) is 17.7 Å². The normalized spacial score (nSPS) is 30.5. The van der Waals surface area contributed by atoms with Crippen molar-refractivity contribution < 1.29 is 108 Å². The summed E-state index contributed by atoms with van der Waals surface area (Å²) >= 11 is 0. The van der Waals surface area contributed by atoms with Gasteiger partial charge in [-0.05, 0) is 143 Å². The van der Waals surface area contributed by atoms with Gasteiger partial charge in [-0.15, -0.1) is 0 Å². The summed E-state index contributed by atoms with van der Waals surface area (Å²) in [5.74, 6) is -13.4. The summed E-state index contributed by atoms with van der Waals surface area (Å²) in [4.78, 5) is 84.4. The van der Waals surface area contributed by atoms with Crippen LogP contribution < -0.4 is 24.4 Å². The van der Waals surface area contributed by atoms with E-state index >= 15 is 0 Å². The van der Waals surface area contributed by atoms with E-state index in [-0.39, 0.29) is 98.9 Å². The molecule has 97 heavy (non-hydrogen) atoms. The second-order valence-electron chi connectivity index (χ2n) is 26.6. The number of amides is 1. The first kappa shape index (κ1) is 68.7. The minimum absolute atomic E-state index is 0.0177. The highest BCUT2D eigenvalue weighted by molar-refractivity contribution is 7.10. The summed E-state index contributed by atoms with van der Waals surface area (Å²) in [6.45, 7) is 5.18. The van der Waals surface area contributed by atoms with Crippen LogP contribution in [0.5, 0.6) is 34.8 Å². The van der Waals surface area contributed by atoms with Crippen molar-refractivity contribution in [2.24, 2.45) is 35.3 Å². The predicted octanol–water partition coefficient (Wildman–Crippen LogP) is 3.42. The Morgan fingerprint density at radius 3 is 1.76 bits per heavy atom. The quantitative estimate of drug-likeness (QED) is 0.0619. The van der Waals surface area contributed by atoms with Gasteiger partial charge in [0.15, 0.2) is 34.3 Å². The number of hydrogen-bond donors (Lipinski definition) is 11. The zero-order chi connectivity index (χ0) is 70.8. The molecule has 2 fully saturated rings. The number of aliphatic hydroxyl groups is 7. The average molecular weight is 1390 g/mol. The number of primary amides is 1. The van der Waals surface area contributed by atoms with Crippen LogP contribution in [-0.2, 0) is 31.2 Å². The number of rotatable bonds is 7. The minimum atomic E-state index is -2.86. The Morgan fingerprint density at radius 1 is 0.670 bits per heavy atom. The number of aromatic hydroxyl groups is 3. The molecule has 0 saturated heterocycles. The molecule has 12 N–H and O–H groups in total. The van der Waals surface area contributed by atoms with E-state index in [4.69, 9.17) is 28.4 Å². The number of benzene rings is 4. The van der Waals surface area contributed by atoms with Crippen LogP contribution in [0.2, 0.25) is 0 Å². The number of Topliss-reactive ketones (excluding diaryl/α,β-unsaturated/α-hetero) is 5. The Bertz CT molecular complexity index is 4560. The van der Waals surface area contributed by atoms with Gasteiger partial charge in [0.1, 0.15) is 57.3 Å². The summed E-state index contributed by atoms with van der Waals surface area (Å²) in [6.07, 6.45) is -1.49. The van der Waals surface area contributed by atoms with E-state index in [0.29, 0.717) is 22.3 Å². The average Bonchev–Trinajstić information content (AvgIpc) is 1.56. The zero-order valence-corrected chi connectivity index (χ0v) is 57.0. The number of nitrogens with two attached hydrogens (primary N) is 1.